The van der Waals surface area contributed by atoms with Crippen LogP contribution in [-0.2, 0) is 17.5 Å². The van der Waals surface area contributed by atoms with Crippen molar-refractivity contribution in [3.05, 3.63) is 90.0 Å². The summed E-state index contributed by atoms with van der Waals surface area (Å²) >= 11 is 0. The van der Waals surface area contributed by atoms with Gasteiger partial charge in [-0.25, -0.2) is 9.59 Å². The van der Waals surface area contributed by atoms with E-state index in [4.69, 9.17) is 9.47 Å². The van der Waals surface area contributed by atoms with Gasteiger partial charge in [-0.15, -0.1) is 0 Å². The number of urea groups is 1. The van der Waals surface area contributed by atoms with E-state index in [0.29, 0.717) is 5.69 Å². The highest BCUT2D eigenvalue weighted by Gasteiger charge is 2.30. The molecule has 0 spiro atoms. The van der Waals surface area contributed by atoms with Crippen LogP contribution in [0.3, 0.4) is 0 Å². The monoisotopic (exact) mass is 430 g/mol. The first-order valence-corrected chi connectivity index (χ1v) is 9.03. The van der Waals surface area contributed by atoms with E-state index in [1.807, 2.05) is 18.2 Å². The molecule has 160 valence electrons. The van der Waals surface area contributed by atoms with Crippen LogP contribution < -0.4 is 15.4 Å². The number of carbonyl (C=O) groups excluding carboxylic acids is 2. The molecular weight excluding hydrogens is 413 g/mol. The van der Waals surface area contributed by atoms with E-state index in [9.17, 15) is 22.8 Å². The Morgan fingerprint density at radius 1 is 0.806 bits per heavy atom. The van der Waals surface area contributed by atoms with E-state index < -0.39 is 23.9 Å². The SMILES string of the molecule is O=C(Nc1ccc(OC(=O)OCc2ccccc2)cc1)Nc1cccc(C(F)(F)F)c1. The lowest BCUT2D eigenvalue weighted by Crippen LogP contribution is -2.19. The molecule has 31 heavy (non-hydrogen) atoms. The molecule has 0 aliphatic rings. The Morgan fingerprint density at radius 2 is 1.48 bits per heavy atom. The average Bonchev–Trinajstić information content (AvgIpc) is 2.74. The van der Waals surface area contributed by atoms with Crippen LogP contribution in [0.25, 0.3) is 0 Å². The second-order valence-corrected chi connectivity index (χ2v) is 6.31. The van der Waals surface area contributed by atoms with Crippen LogP contribution in [0.2, 0.25) is 0 Å². The molecule has 0 aliphatic carbocycles. The fraction of sp³-hybridized carbons (Fsp3) is 0.0909. The second kappa shape index (κ2) is 9.66. The summed E-state index contributed by atoms with van der Waals surface area (Å²) in [7, 11) is 0. The molecule has 0 aliphatic heterocycles. The highest BCUT2D eigenvalue weighted by atomic mass is 19.4. The van der Waals surface area contributed by atoms with E-state index >= 15 is 0 Å². The number of anilines is 2. The number of benzene rings is 3. The first kappa shape index (κ1) is 21.7. The van der Waals surface area contributed by atoms with Crippen LogP contribution in [0.4, 0.5) is 34.1 Å². The molecule has 3 rings (SSSR count). The Hall–Kier alpha value is -4.01. The van der Waals surface area contributed by atoms with Gasteiger partial charge in [0, 0.05) is 11.4 Å². The summed E-state index contributed by atoms with van der Waals surface area (Å²) < 4.78 is 48.3. The van der Waals surface area contributed by atoms with Gasteiger partial charge in [-0.2, -0.15) is 13.2 Å². The van der Waals surface area contributed by atoms with Crippen molar-refractivity contribution < 1.29 is 32.2 Å². The zero-order valence-electron chi connectivity index (χ0n) is 16.0. The maximum atomic E-state index is 12.7. The van der Waals surface area contributed by atoms with Crippen molar-refractivity contribution in [2.75, 3.05) is 10.6 Å². The summed E-state index contributed by atoms with van der Waals surface area (Å²) in [5.41, 5.74) is 0.277. The summed E-state index contributed by atoms with van der Waals surface area (Å²) in [4.78, 5) is 23.8. The Kier molecular flexibility index (Phi) is 6.76. The summed E-state index contributed by atoms with van der Waals surface area (Å²) in [6.45, 7) is 0.0645. The van der Waals surface area contributed by atoms with Gasteiger partial charge in [-0.1, -0.05) is 36.4 Å². The topological polar surface area (TPSA) is 76.7 Å². The van der Waals surface area contributed by atoms with Gasteiger partial charge < -0.3 is 20.1 Å². The van der Waals surface area contributed by atoms with Gasteiger partial charge in [0.2, 0.25) is 0 Å². The standard InChI is InChI=1S/C22H17F3N2O4/c23-22(24,25)16-7-4-8-18(13-16)27-20(28)26-17-9-11-19(12-10-17)31-21(29)30-14-15-5-2-1-3-6-15/h1-13H,14H2,(H2,26,27,28). The van der Waals surface area contributed by atoms with Gasteiger partial charge >= 0.3 is 18.4 Å². The zero-order valence-corrected chi connectivity index (χ0v) is 16.0. The molecular formula is C22H17F3N2O4. The minimum Gasteiger partial charge on any atom is -0.429 e. The molecule has 0 radical (unpaired) electrons. The largest absolute Gasteiger partial charge is 0.514 e. The number of hydrogen-bond donors (Lipinski definition) is 2. The lowest BCUT2D eigenvalue weighted by atomic mass is 10.2. The van der Waals surface area contributed by atoms with Crippen LogP contribution >= 0.6 is 0 Å². The molecule has 2 N–H and O–H groups in total. The second-order valence-electron chi connectivity index (χ2n) is 6.31. The Labute approximate surface area is 175 Å². The first-order valence-electron chi connectivity index (χ1n) is 9.03. The summed E-state index contributed by atoms with van der Waals surface area (Å²) in [6.07, 6.45) is -5.39. The van der Waals surface area contributed by atoms with Gasteiger partial charge in [-0.05, 0) is 48.0 Å². The first-order chi connectivity index (χ1) is 14.8. The van der Waals surface area contributed by atoms with Crippen LogP contribution in [0.15, 0.2) is 78.9 Å². The fourth-order valence-electron chi connectivity index (χ4n) is 2.52. The van der Waals surface area contributed by atoms with Crippen molar-refractivity contribution in [3.63, 3.8) is 0 Å². The van der Waals surface area contributed by atoms with Crippen LogP contribution in [0, 0.1) is 0 Å². The number of ether oxygens (including phenoxy) is 2. The van der Waals surface area contributed by atoms with E-state index in [1.165, 1.54) is 36.4 Å². The lowest BCUT2D eigenvalue weighted by molar-refractivity contribution is -0.137. The molecule has 2 amide bonds. The molecule has 0 fully saturated rings. The van der Waals surface area contributed by atoms with E-state index in [-0.39, 0.29) is 18.0 Å². The molecule has 0 aromatic heterocycles. The third kappa shape index (κ3) is 6.77. The van der Waals surface area contributed by atoms with Crippen LogP contribution in [0.5, 0.6) is 5.75 Å². The molecule has 9 heteroatoms. The maximum absolute atomic E-state index is 12.7. The average molecular weight is 430 g/mol. The summed E-state index contributed by atoms with van der Waals surface area (Å²) in [5.74, 6) is 0.196. The minimum absolute atomic E-state index is 0.00607. The number of carbonyl (C=O) groups is 2. The van der Waals surface area contributed by atoms with E-state index in [0.717, 1.165) is 17.7 Å². The lowest BCUT2D eigenvalue weighted by Gasteiger charge is -2.11. The molecule has 6 nitrogen and oxygen atoms in total. The summed E-state index contributed by atoms with van der Waals surface area (Å²) in [5, 5.41) is 4.80. The molecule has 3 aromatic rings. The van der Waals surface area contributed by atoms with Crippen LogP contribution in [-0.4, -0.2) is 12.2 Å². The highest BCUT2D eigenvalue weighted by Crippen LogP contribution is 2.30. The molecule has 0 bridgehead atoms. The number of amides is 2. The predicted octanol–water partition coefficient (Wildman–Crippen LogP) is 6.07. The van der Waals surface area contributed by atoms with Gasteiger partial charge in [0.15, 0.2) is 0 Å². The van der Waals surface area contributed by atoms with Gasteiger partial charge in [-0.3, -0.25) is 0 Å². The van der Waals surface area contributed by atoms with Gasteiger partial charge in [0.25, 0.3) is 0 Å². The Bertz CT molecular complexity index is 1040. The van der Waals surface area contributed by atoms with Crippen molar-refractivity contribution in [1.82, 2.24) is 0 Å². The Morgan fingerprint density at radius 3 is 2.16 bits per heavy atom. The number of alkyl halides is 3. The van der Waals surface area contributed by atoms with Crippen molar-refractivity contribution in [3.8, 4) is 5.75 Å². The number of hydrogen-bond acceptors (Lipinski definition) is 4. The molecule has 0 atom stereocenters. The van der Waals surface area contributed by atoms with E-state index in [2.05, 4.69) is 10.6 Å². The smallest absolute Gasteiger partial charge is 0.429 e. The molecule has 3 aromatic carbocycles. The predicted molar refractivity (Wildman–Crippen MR) is 108 cm³/mol. The summed E-state index contributed by atoms with van der Waals surface area (Å²) in [6, 6.07) is 18.4. The van der Waals surface area contributed by atoms with Crippen molar-refractivity contribution >= 4 is 23.6 Å². The van der Waals surface area contributed by atoms with Crippen LogP contribution in [0.1, 0.15) is 11.1 Å². The van der Waals surface area contributed by atoms with Crippen molar-refractivity contribution in [1.29, 1.82) is 0 Å². The quantitative estimate of drug-likeness (QED) is 0.381. The molecule has 0 heterocycles. The van der Waals surface area contributed by atoms with Gasteiger partial charge in [0.1, 0.15) is 12.4 Å². The third-order valence-corrected chi connectivity index (χ3v) is 3.96. The van der Waals surface area contributed by atoms with Crippen molar-refractivity contribution in [2.45, 2.75) is 12.8 Å². The number of nitrogens with one attached hydrogen (secondary N) is 2. The Balaban J connectivity index is 1.49. The number of halogens is 3. The fourth-order valence-corrected chi connectivity index (χ4v) is 2.52. The molecule has 0 saturated heterocycles. The zero-order chi connectivity index (χ0) is 22.3. The van der Waals surface area contributed by atoms with Crippen molar-refractivity contribution in [2.24, 2.45) is 0 Å². The maximum Gasteiger partial charge on any atom is 0.514 e. The minimum atomic E-state index is -4.51. The normalized spacial score (nSPS) is 10.8. The van der Waals surface area contributed by atoms with Gasteiger partial charge in [0.05, 0.1) is 5.56 Å². The molecule has 0 saturated carbocycles. The number of rotatable bonds is 5. The highest BCUT2D eigenvalue weighted by molar-refractivity contribution is 5.99. The molecule has 0 unspecified atom stereocenters. The van der Waals surface area contributed by atoms with E-state index in [1.54, 1.807) is 12.1 Å². The third-order valence-electron chi connectivity index (χ3n) is 3.96.